The number of aliphatic hydroxyl groups excluding tert-OH is 1. The molecule has 1 aliphatic heterocycles. The monoisotopic (exact) mass is 508 g/mol. The van der Waals surface area contributed by atoms with Crippen molar-refractivity contribution in [2.45, 2.75) is 13.0 Å². The zero-order valence-corrected chi connectivity index (χ0v) is 20.1. The SMILES string of the molecule is COc1cc(Cl)cc2cc(C(=O)C3=C(O)C(=O)N(c4cccc(Cl)c4C)C3c3cccnc3)oc12. The zero-order valence-electron chi connectivity index (χ0n) is 18.6. The molecular weight excluding hydrogens is 491 g/mol. The van der Waals surface area contributed by atoms with Gasteiger partial charge in [-0.1, -0.05) is 35.3 Å². The molecule has 1 aliphatic rings. The van der Waals surface area contributed by atoms with Gasteiger partial charge in [0.15, 0.2) is 22.9 Å². The number of halogens is 2. The number of carbonyl (C=O) groups is 2. The second-order valence-corrected chi connectivity index (χ2v) is 8.82. The van der Waals surface area contributed by atoms with E-state index in [9.17, 15) is 14.7 Å². The second kappa shape index (κ2) is 8.76. The van der Waals surface area contributed by atoms with Gasteiger partial charge in [-0.2, -0.15) is 0 Å². The summed E-state index contributed by atoms with van der Waals surface area (Å²) < 4.78 is 11.1. The van der Waals surface area contributed by atoms with Crippen LogP contribution in [0.4, 0.5) is 5.69 Å². The van der Waals surface area contributed by atoms with Crippen molar-refractivity contribution in [1.29, 1.82) is 0 Å². The molecule has 2 aromatic carbocycles. The number of hydrogen-bond donors (Lipinski definition) is 1. The maximum absolute atomic E-state index is 13.8. The molecule has 0 aliphatic carbocycles. The first-order chi connectivity index (χ1) is 16.8. The molecule has 1 amide bonds. The summed E-state index contributed by atoms with van der Waals surface area (Å²) in [6, 6.07) is 12.3. The fourth-order valence-corrected chi connectivity index (χ4v) is 4.66. The minimum atomic E-state index is -0.959. The largest absolute Gasteiger partial charge is 0.503 e. The first kappa shape index (κ1) is 23.0. The number of nitrogens with zero attached hydrogens (tertiary/aromatic N) is 2. The first-order valence-electron chi connectivity index (χ1n) is 10.5. The highest BCUT2D eigenvalue weighted by atomic mass is 35.5. The average Bonchev–Trinajstić information content (AvgIpc) is 3.39. The predicted octanol–water partition coefficient (Wildman–Crippen LogP) is 6.23. The molecule has 176 valence electrons. The number of amides is 1. The minimum absolute atomic E-state index is 0.0755. The number of pyridine rings is 1. The number of hydrogen-bond acceptors (Lipinski definition) is 6. The van der Waals surface area contributed by atoms with Crippen LogP contribution >= 0.6 is 23.2 Å². The van der Waals surface area contributed by atoms with E-state index in [0.29, 0.717) is 43.6 Å². The summed E-state index contributed by atoms with van der Waals surface area (Å²) in [5, 5.41) is 12.4. The molecule has 35 heavy (non-hydrogen) atoms. The van der Waals surface area contributed by atoms with E-state index in [-0.39, 0.29) is 11.3 Å². The summed E-state index contributed by atoms with van der Waals surface area (Å²) in [5.74, 6) is -1.78. The molecular formula is C26H18Cl2N2O5. The smallest absolute Gasteiger partial charge is 0.294 e. The molecule has 5 rings (SSSR count). The van der Waals surface area contributed by atoms with Gasteiger partial charge in [-0.05, 0) is 48.4 Å². The highest BCUT2D eigenvalue weighted by molar-refractivity contribution is 6.32. The number of ketones is 1. The number of fused-ring (bicyclic) bond motifs is 1. The van der Waals surface area contributed by atoms with Crippen molar-refractivity contribution in [1.82, 2.24) is 4.98 Å². The molecule has 2 aromatic heterocycles. The lowest BCUT2D eigenvalue weighted by molar-refractivity contribution is -0.117. The summed E-state index contributed by atoms with van der Waals surface area (Å²) in [6.07, 6.45) is 3.12. The number of furan rings is 1. The quantitative estimate of drug-likeness (QED) is 0.321. The Morgan fingerprint density at radius 3 is 2.69 bits per heavy atom. The molecule has 1 unspecified atom stereocenters. The van der Waals surface area contributed by atoms with E-state index in [1.165, 1.54) is 24.3 Å². The van der Waals surface area contributed by atoms with Crippen molar-refractivity contribution in [3.05, 3.63) is 99.2 Å². The number of ether oxygens (including phenoxy) is 1. The van der Waals surface area contributed by atoms with Gasteiger partial charge in [-0.3, -0.25) is 19.5 Å². The molecule has 1 N–H and O–H groups in total. The van der Waals surface area contributed by atoms with Crippen molar-refractivity contribution in [2.24, 2.45) is 0 Å². The number of Topliss-reactive ketones (excluding diaryl/α,β-unsaturated/α-hetero) is 1. The van der Waals surface area contributed by atoms with Crippen molar-refractivity contribution in [2.75, 3.05) is 12.0 Å². The fourth-order valence-electron chi connectivity index (χ4n) is 4.28. The van der Waals surface area contributed by atoms with Crippen LogP contribution in [0.5, 0.6) is 5.75 Å². The lowest BCUT2D eigenvalue weighted by Crippen LogP contribution is -2.31. The van der Waals surface area contributed by atoms with Gasteiger partial charge >= 0.3 is 0 Å². The minimum Gasteiger partial charge on any atom is -0.503 e. The van der Waals surface area contributed by atoms with Crippen molar-refractivity contribution in [3.8, 4) is 5.75 Å². The van der Waals surface area contributed by atoms with Crippen LogP contribution in [0.2, 0.25) is 10.0 Å². The Labute approximate surface area is 210 Å². The summed E-state index contributed by atoms with van der Waals surface area (Å²) in [6.45, 7) is 1.76. The van der Waals surface area contributed by atoms with E-state index in [1.807, 2.05) is 0 Å². The third-order valence-corrected chi connectivity index (χ3v) is 6.57. The average molecular weight is 509 g/mol. The predicted molar refractivity (Wildman–Crippen MR) is 132 cm³/mol. The molecule has 0 bridgehead atoms. The first-order valence-corrected chi connectivity index (χ1v) is 11.3. The molecule has 9 heteroatoms. The van der Waals surface area contributed by atoms with Gasteiger partial charge in [0.25, 0.3) is 5.91 Å². The number of benzene rings is 2. The van der Waals surface area contributed by atoms with Crippen LogP contribution in [0.25, 0.3) is 11.0 Å². The van der Waals surface area contributed by atoms with Crippen LogP contribution in [0.3, 0.4) is 0 Å². The summed E-state index contributed by atoms with van der Waals surface area (Å²) in [7, 11) is 1.46. The van der Waals surface area contributed by atoms with Gasteiger partial charge in [-0.25, -0.2) is 0 Å². The summed E-state index contributed by atoms with van der Waals surface area (Å²) in [5.41, 5.74) is 1.81. The van der Waals surface area contributed by atoms with Crippen LogP contribution < -0.4 is 9.64 Å². The normalized spacial score (nSPS) is 15.8. The van der Waals surface area contributed by atoms with Crippen molar-refractivity contribution >= 4 is 51.5 Å². The number of aliphatic hydroxyl groups is 1. The Balaban J connectivity index is 1.68. The number of anilines is 1. The summed E-state index contributed by atoms with van der Waals surface area (Å²) in [4.78, 5) is 32.6. The van der Waals surface area contributed by atoms with Crippen LogP contribution in [0.15, 0.2) is 76.7 Å². The molecule has 7 nitrogen and oxygen atoms in total. The Kier molecular flexibility index (Phi) is 5.75. The highest BCUT2D eigenvalue weighted by Crippen LogP contribution is 2.44. The molecule has 0 radical (unpaired) electrons. The Morgan fingerprint density at radius 2 is 1.97 bits per heavy atom. The van der Waals surface area contributed by atoms with E-state index in [2.05, 4.69) is 4.98 Å². The fraction of sp³-hybridized carbons (Fsp3) is 0.115. The Morgan fingerprint density at radius 1 is 1.17 bits per heavy atom. The van der Waals surface area contributed by atoms with Gasteiger partial charge in [0.05, 0.1) is 18.7 Å². The number of carbonyl (C=O) groups excluding carboxylic acids is 2. The molecule has 0 fully saturated rings. The third kappa shape index (κ3) is 3.73. The van der Waals surface area contributed by atoms with Crippen LogP contribution in [0, 0.1) is 6.92 Å². The zero-order chi connectivity index (χ0) is 24.9. The van der Waals surface area contributed by atoms with Gasteiger partial charge in [-0.15, -0.1) is 0 Å². The molecule has 0 saturated heterocycles. The summed E-state index contributed by atoms with van der Waals surface area (Å²) >= 11 is 12.5. The molecule has 4 aromatic rings. The van der Waals surface area contributed by atoms with E-state index >= 15 is 0 Å². The number of aromatic nitrogens is 1. The lowest BCUT2D eigenvalue weighted by atomic mass is 9.95. The molecule has 0 spiro atoms. The molecule has 1 atom stereocenters. The number of rotatable bonds is 5. The third-order valence-electron chi connectivity index (χ3n) is 5.94. The maximum atomic E-state index is 13.8. The van der Waals surface area contributed by atoms with Crippen LogP contribution in [0.1, 0.15) is 27.7 Å². The van der Waals surface area contributed by atoms with Gasteiger partial charge < -0.3 is 14.3 Å². The van der Waals surface area contributed by atoms with Gasteiger partial charge in [0.2, 0.25) is 5.78 Å². The van der Waals surface area contributed by atoms with Gasteiger partial charge in [0, 0.05) is 39.6 Å². The highest BCUT2D eigenvalue weighted by Gasteiger charge is 2.46. The Bertz CT molecular complexity index is 1530. The van der Waals surface area contributed by atoms with E-state index in [0.717, 1.165) is 0 Å². The maximum Gasteiger partial charge on any atom is 0.294 e. The second-order valence-electron chi connectivity index (χ2n) is 7.98. The van der Waals surface area contributed by atoms with Crippen LogP contribution in [-0.4, -0.2) is 28.9 Å². The molecule has 0 saturated carbocycles. The topological polar surface area (TPSA) is 92.9 Å². The Hall–Kier alpha value is -3.81. The van der Waals surface area contributed by atoms with Crippen molar-refractivity contribution < 1.29 is 23.8 Å². The van der Waals surface area contributed by atoms with E-state index in [4.69, 9.17) is 32.4 Å². The lowest BCUT2D eigenvalue weighted by Gasteiger charge is -2.28. The molecule has 3 heterocycles. The van der Waals surface area contributed by atoms with Crippen LogP contribution in [-0.2, 0) is 4.79 Å². The van der Waals surface area contributed by atoms with Gasteiger partial charge in [0.1, 0.15) is 0 Å². The standard InChI is InChI=1S/C26H18Cl2N2O5/c1-13-17(28)6-3-7-18(13)30-22(14-5-4-8-29-12-14)21(24(32)26(30)33)23(31)19-10-15-9-16(27)11-20(34-2)25(15)35-19/h3-12,22,32H,1-2H3. The van der Waals surface area contributed by atoms with E-state index in [1.54, 1.807) is 55.6 Å². The van der Waals surface area contributed by atoms with E-state index < -0.39 is 23.5 Å². The van der Waals surface area contributed by atoms with Crippen molar-refractivity contribution in [3.63, 3.8) is 0 Å². The number of methoxy groups -OCH3 is 1.